The van der Waals surface area contributed by atoms with Crippen LogP contribution in [0, 0.1) is 0 Å². The van der Waals surface area contributed by atoms with E-state index in [1.165, 1.54) is 21.1 Å². The zero-order chi connectivity index (χ0) is 22.5. The molecule has 0 bridgehead atoms. The van der Waals surface area contributed by atoms with Crippen LogP contribution < -0.4 is 10.5 Å². The molecule has 32 heavy (non-hydrogen) atoms. The summed E-state index contributed by atoms with van der Waals surface area (Å²) in [6.07, 6.45) is 3.00. The summed E-state index contributed by atoms with van der Waals surface area (Å²) in [5.74, 6) is -0.188. The highest BCUT2D eigenvalue weighted by atomic mass is 16.1. The summed E-state index contributed by atoms with van der Waals surface area (Å²) in [7, 11) is 1.95. The molecule has 8 heteroatoms. The Bertz CT molecular complexity index is 1430. The van der Waals surface area contributed by atoms with Crippen LogP contribution in [0.5, 0.6) is 0 Å². The van der Waals surface area contributed by atoms with Crippen LogP contribution in [-0.4, -0.2) is 37.4 Å². The maximum absolute atomic E-state index is 12.9. The Hall–Kier alpha value is -4.07. The molecule has 0 aliphatic carbocycles. The zero-order valence-electron chi connectivity index (χ0n) is 18.1. The highest BCUT2D eigenvalue weighted by molar-refractivity contribution is 5.92. The molecular formula is C24H22N6O2. The largest absolute Gasteiger partial charge is 0.347 e. The Kier molecular flexibility index (Phi) is 4.51. The first-order valence-electron chi connectivity index (χ1n) is 10.3. The third-order valence-corrected chi connectivity index (χ3v) is 5.99. The van der Waals surface area contributed by atoms with Gasteiger partial charge in [0, 0.05) is 29.9 Å². The molecule has 8 nitrogen and oxygen atoms in total. The summed E-state index contributed by atoms with van der Waals surface area (Å²) in [5, 5.41) is 8.08. The summed E-state index contributed by atoms with van der Waals surface area (Å²) in [4.78, 5) is 32.3. The maximum Gasteiger partial charge on any atom is 0.283 e. The van der Waals surface area contributed by atoms with Gasteiger partial charge in [-0.25, -0.2) is 4.98 Å². The van der Waals surface area contributed by atoms with Crippen molar-refractivity contribution in [3.8, 4) is 5.69 Å². The van der Waals surface area contributed by atoms with Gasteiger partial charge in [0.25, 0.3) is 5.56 Å². The van der Waals surface area contributed by atoms with Gasteiger partial charge in [0.15, 0.2) is 16.9 Å². The molecule has 2 aromatic heterocycles. The lowest BCUT2D eigenvalue weighted by Crippen LogP contribution is -2.27. The molecule has 4 aromatic rings. The van der Waals surface area contributed by atoms with Crippen molar-refractivity contribution in [2.24, 2.45) is 0 Å². The molecule has 2 aromatic carbocycles. The van der Waals surface area contributed by atoms with Gasteiger partial charge in [0.2, 0.25) is 0 Å². The first-order chi connectivity index (χ1) is 15.4. The summed E-state index contributed by atoms with van der Waals surface area (Å²) < 4.78 is 2.79. The number of ketones is 1. The number of para-hydroxylation sites is 2. The number of rotatable bonds is 4. The van der Waals surface area contributed by atoms with Gasteiger partial charge < -0.3 is 4.90 Å². The number of hydrogen-bond donors (Lipinski definition) is 0. The van der Waals surface area contributed by atoms with Crippen molar-refractivity contribution in [3.05, 3.63) is 88.6 Å². The average Bonchev–Trinajstić information content (AvgIpc) is 3.31. The molecular weight excluding hydrogens is 404 g/mol. The molecule has 0 radical (unpaired) electrons. The van der Waals surface area contributed by atoms with Gasteiger partial charge in [0.1, 0.15) is 6.33 Å². The van der Waals surface area contributed by atoms with Gasteiger partial charge in [-0.3, -0.25) is 14.2 Å². The van der Waals surface area contributed by atoms with E-state index in [9.17, 15) is 9.59 Å². The molecule has 0 atom stereocenters. The van der Waals surface area contributed by atoms with E-state index in [1.54, 1.807) is 6.08 Å². The second-order valence-corrected chi connectivity index (χ2v) is 8.38. The van der Waals surface area contributed by atoms with Crippen molar-refractivity contribution in [2.45, 2.75) is 25.8 Å². The highest BCUT2D eigenvalue weighted by Gasteiger charge is 2.38. The van der Waals surface area contributed by atoms with E-state index in [-0.39, 0.29) is 23.3 Å². The van der Waals surface area contributed by atoms with Crippen molar-refractivity contribution in [3.63, 3.8) is 0 Å². The minimum Gasteiger partial charge on any atom is -0.347 e. The van der Waals surface area contributed by atoms with Crippen molar-refractivity contribution in [1.82, 2.24) is 24.5 Å². The number of aromatic nitrogens is 5. The van der Waals surface area contributed by atoms with E-state index in [1.807, 2.05) is 60.5 Å². The highest BCUT2D eigenvalue weighted by Crippen LogP contribution is 2.46. The molecule has 0 spiro atoms. The van der Waals surface area contributed by atoms with Crippen LogP contribution in [0.2, 0.25) is 0 Å². The monoisotopic (exact) mass is 426 g/mol. The van der Waals surface area contributed by atoms with Gasteiger partial charge in [-0.1, -0.05) is 55.5 Å². The first-order valence-corrected chi connectivity index (χ1v) is 10.3. The lowest BCUT2D eigenvalue weighted by molar-refractivity contribution is -0.115. The molecule has 3 heterocycles. The molecule has 0 N–H and O–H groups in total. The van der Waals surface area contributed by atoms with Crippen LogP contribution in [-0.2, 0) is 16.8 Å². The number of nitrogens with zero attached hydrogens (tertiary/aromatic N) is 6. The van der Waals surface area contributed by atoms with Crippen LogP contribution in [0.3, 0.4) is 0 Å². The number of hydrogen-bond acceptors (Lipinski definition) is 6. The van der Waals surface area contributed by atoms with Crippen molar-refractivity contribution in [1.29, 1.82) is 0 Å². The van der Waals surface area contributed by atoms with Crippen LogP contribution >= 0.6 is 0 Å². The Morgan fingerprint density at radius 1 is 1.06 bits per heavy atom. The third kappa shape index (κ3) is 3.03. The van der Waals surface area contributed by atoms with Gasteiger partial charge in [-0.15, -0.1) is 5.10 Å². The fourth-order valence-corrected chi connectivity index (χ4v) is 4.32. The van der Waals surface area contributed by atoms with Crippen molar-refractivity contribution in [2.75, 3.05) is 11.9 Å². The molecule has 160 valence electrons. The predicted octanol–water partition coefficient (Wildman–Crippen LogP) is 2.86. The van der Waals surface area contributed by atoms with Gasteiger partial charge in [0.05, 0.1) is 12.2 Å². The third-order valence-electron chi connectivity index (χ3n) is 5.99. The number of carbonyl (C=O) groups excluding carboxylic acids is 1. The summed E-state index contributed by atoms with van der Waals surface area (Å²) >= 11 is 0. The van der Waals surface area contributed by atoms with E-state index in [2.05, 4.69) is 35.2 Å². The molecule has 1 aliphatic rings. The van der Waals surface area contributed by atoms with Gasteiger partial charge >= 0.3 is 0 Å². The zero-order valence-corrected chi connectivity index (χ0v) is 18.1. The van der Waals surface area contributed by atoms with E-state index < -0.39 is 5.56 Å². The van der Waals surface area contributed by atoms with Crippen molar-refractivity contribution >= 4 is 22.6 Å². The number of likely N-dealkylation sites (N-methyl/N-ethyl adjacent to an activating group) is 1. The number of anilines is 1. The average molecular weight is 426 g/mol. The lowest BCUT2D eigenvalue weighted by atomic mass is 9.83. The molecule has 0 amide bonds. The smallest absolute Gasteiger partial charge is 0.283 e. The second-order valence-electron chi connectivity index (χ2n) is 8.38. The van der Waals surface area contributed by atoms with Crippen molar-refractivity contribution < 1.29 is 4.79 Å². The quantitative estimate of drug-likeness (QED) is 0.467. The van der Waals surface area contributed by atoms with Crippen LogP contribution in [0.1, 0.15) is 19.4 Å². The molecule has 0 saturated carbocycles. The molecule has 0 fully saturated rings. The Morgan fingerprint density at radius 2 is 1.78 bits per heavy atom. The number of fused-ring (bicyclic) bond motifs is 2. The molecule has 0 unspecified atom stereocenters. The number of carbonyl (C=O) groups is 1. The standard InChI is InChI=1S/C24H22N6O2/c1-24(2)18-11-7-8-12-19(18)28(3)20(24)13-17(31)14-29-15-25-22-21(23(29)32)26-27-30(22)16-9-5-4-6-10-16/h4-13,15H,14H2,1-3H3/b20-13-. The lowest BCUT2D eigenvalue weighted by Gasteiger charge is -2.24. The second kappa shape index (κ2) is 7.26. The summed E-state index contributed by atoms with van der Waals surface area (Å²) in [6.45, 7) is 4.07. The fraction of sp³-hybridized carbons (Fsp3) is 0.208. The number of allylic oxidation sites excluding steroid dienone is 2. The van der Waals surface area contributed by atoms with E-state index in [4.69, 9.17) is 0 Å². The normalized spacial score (nSPS) is 16.0. The Morgan fingerprint density at radius 3 is 2.53 bits per heavy atom. The fourth-order valence-electron chi connectivity index (χ4n) is 4.32. The van der Waals surface area contributed by atoms with Crippen LogP contribution in [0.4, 0.5) is 5.69 Å². The van der Waals surface area contributed by atoms with Crippen LogP contribution in [0.15, 0.2) is 77.5 Å². The van der Waals surface area contributed by atoms with E-state index in [0.29, 0.717) is 5.65 Å². The topological polar surface area (TPSA) is 85.9 Å². The molecule has 1 aliphatic heterocycles. The Balaban J connectivity index is 1.46. The van der Waals surface area contributed by atoms with Crippen LogP contribution in [0.25, 0.3) is 16.9 Å². The first kappa shape index (κ1) is 19.9. The van der Waals surface area contributed by atoms with Gasteiger partial charge in [-0.05, 0) is 23.8 Å². The minimum atomic E-state index is -0.397. The summed E-state index contributed by atoms with van der Waals surface area (Å²) in [5.41, 5.74) is 3.66. The SMILES string of the molecule is CN1/C(=C\C(=O)Cn2cnc3c(nnn3-c3ccccc3)c2=O)C(C)(C)c2ccccc21. The predicted molar refractivity (Wildman–Crippen MR) is 122 cm³/mol. The van der Waals surface area contributed by atoms with E-state index in [0.717, 1.165) is 17.1 Å². The molecule has 5 rings (SSSR count). The maximum atomic E-state index is 12.9. The number of benzene rings is 2. The van der Waals surface area contributed by atoms with Gasteiger partial charge in [-0.2, -0.15) is 4.68 Å². The summed E-state index contributed by atoms with van der Waals surface area (Å²) in [6, 6.07) is 17.5. The van der Waals surface area contributed by atoms with E-state index >= 15 is 0 Å². The Labute approximate surface area is 184 Å². The molecule has 0 saturated heterocycles. The minimum absolute atomic E-state index is 0.121.